The maximum Gasteiger partial charge on any atom is 0.312 e. The minimum Gasteiger partial charge on any atom is -0.497 e. The molecule has 2 aromatic carbocycles. The van der Waals surface area contributed by atoms with Crippen LogP contribution in [0.2, 0.25) is 5.02 Å². The normalized spacial score (nSPS) is 14.9. The molecule has 0 atom stereocenters. The topological polar surface area (TPSA) is 84.2 Å². The van der Waals surface area contributed by atoms with Crippen molar-refractivity contribution in [2.45, 2.75) is 52.2 Å². The Balaban J connectivity index is 1.50. The van der Waals surface area contributed by atoms with E-state index >= 15 is 0 Å². The molecule has 1 aliphatic rings. The highest BCUT2D eigenvalue weighted by molar-refractivity contribution is 6.30. The second-order valence-electron chi connectivity index (χ2n) is 10.8. The first-order valence-electron chi connectivity index (χ1n) is 13.9. The molecule has 9 heteroatoms. The molecular formula is C31H40ClN3O5. The van der Waals surface area contributed by atoms with Crippen LogP contribution in [0.5, 0.6) is 5.75 Å². The van der Waals surface area contributed by atoms with Gasteiger partial charge in [0.15, 0.2) is 5.72 Å². The molecule has 8 nitrogen and oxygen atoms in total. The fourth-order valence-corrected chi connectivity index (χ4v) is 5.58. The van der Waals surface area contributed by atoms with E-state index in [0.29, 0.717) is 27.5 Å². The zero-order valence-corrected chi connectivity index (χ0v) is 24.7. The molecule has 0 radical (unpaired) electrons. The first kappa shape index (κ1) is 30.1. The number of nitrogens with zero attached hydrogens (tertiary/aromatic N) is 3. The Morgan fingerprint density at radius 2 is 1.70 bits per heavy atom. The van der Waals surface area contributed by atoms with Gasteiger partial charge in [-0.25, -0.2) is 0 Å². The molecule has 0 unspecified atom stereocenters. The molecule has 0 spiro atoms. The lowest BCUT2D eigenvalue weighted by molar-refractivity contribution is -0.179. The van der Waals surface area contributed by atoms with Crippen LogP contribution >= 0.6 is 11.6 Å². The highest BCUT2D eigenvalue weighted by atomic mass is 35.5. The van der Waals surface area contributed by atoms with Crippen molar-refractivity contribution in [3.63, 3.8) is 0 Å². The number of benzene rings is 2. The molecule has 1 aromatic heterocycles. The van der Waals surface area contributed by atoms with Crippen LogP contribution in [0.1, 0.15) is 54.7 Å². The summed E-state index contributed by atoms with van der Waals surface area (Å²) in [5, 5.41) is 10.3. The van der Waals surface area contributed by atoms with Crippen molar-refractivity contribution in [3.8, 4) is 5.75 Å². The van der Waals surface area contributed by atoms with Gasteiger partial charge in [0, 0.05) is 54.5 Å². The van der Waals surface area contributed by atoms with Gasteiger partial charge in [-0.15, -0.1) is 0 Å². The summed E-state index contributed by atoms with van der Waals surface area (Å²) < 4.78 is 13.2. The van der Waals surface area contributed by atoms with Gasteiger partial charge in [-0.1, -0.05) is 11.6 Å². The number of fused-ring (bicyclic) bond motifs is 1. The lowest BCUT2D eigenvalue weighted by Gasteiger charge is -2.43. The van der Waals surface area contributed by atoms with E-state index in [9.17, 15) is 9.59 Å². The third-order valence-corrected chi connectivity index (χ3v) is 8.04. The van der Waals surface area contributed by atoms with E-state index < -0.39 is 5.72 Å². The van der Waals surface area contributed by atoms with Crippen LogP contribution in [0.25, 0.3) is 10.9 Å². The molecule has 3 aromatic rings. The van der Waals surface area contributed by atoms with Crippen LogP contribution < -0.4 is 4.74 Å². The van der Waals surface area contributed by atoms with Crippen molar-refractivity contribution in [3.05, 3.63) is 64.3 Å². The fourth-order valence-electron chi connectivity index (χ4n) is 5.45. The van der Waals surface area contributed by atoms with E-state index in [0.717, 1.165) is 62.9 Å². The van der Waals surface area contributed by atoms with Crippen molar-refractivity contribution < 1.29 is 24.2 Å². The van der Waals surface area contributed by atoms with Crippen LogP contribution in [0, 0.1) is 6.92 Å². The Bertz CT molecular complexity index is 1330. The number of ether oxygens (including phenoxy) is 2. The molecule has 4 rings (SSSR count). The van der Waals surface area contributed by atoms with Gasteiger partial charge in [-0.2, -0.15) is 0 Å². The van der Waals surface area contributed by atoms with Crippen LogP contribution in [-0.2, 0) is 16.0 Å². The van der Waals surface area contributed by atoms with Gasteiger partial charge in [-0.05, 0) is 94.6 Å². The number of hydrogen-bond donors (Lipinski definition) is 1. The Labute approximate surface area is 241 Å². The summed E-state index contributed by atoms with van der Waals surface area (Å²) in [7, 11) is 1.59. The van der Waals surface area contributed by atoms with E-state index in [4.69, 9.17) is 26.2 Å². The standard InChI is InChI=1S/C31H40ClN3O5/c1-22-26(21-29(37)40-31(2,3)34-17-15-33(16-18-34)14-6-5-7-19-36)27-20-25(39-4)12-13-28(27)35(22)30(38)23-8-10-24(32)11-9-23/h8-13,20,36H,5-7,14-19,21H2,1-4H3. The number of methoxy groups -OCH3 is 1. The Morgan fingerprint density at radius 3 is 2.35 bits per heavy atom. The van der Waals surface area contributed by atoms with Gasteiger partial charge in [-0.3, -0.25) is 19.1 Å². The molecule has 1 saturated heterocycles. The van der Waals surface area contributed by atoms with Crippen LogP contribution in [0.4, 0.5) is 0 Å². The van der Waals surface area contributed by atoms with Gasteiger partial charge in [0.25, 0.3) is 5.91 Å². The number of rotatable bonds is 11. The smallest absolute Gasteiger partial charge is 0.312 e. The van der Waals surface area contributed by atoms with Crippen LogP contribution in [0.3, 0.4) is 0 Å². The molecule has 2 heterocycles. The van der Waals surface area contributed by atoms with Crippen LogP contribution in [0.15, 0.2) is 42.5 Å². The summed E-state index contributed by atoms with van der Waals surface area (Å²) in [6, 6.07) is 12.3. The lowest BCUT2D eigenvalue weighted by Crippen LogP contribution is -2.56. The molecule has 216 valence electrons. The van der Waals surface area contributed by atoms with E-state index in [1.807, 2.05) is 39.0 Å². The first-order valence-corrected chi connectivity index (χ1v) is 14.3. The zero-order chi connectivity index (χ0) is 28.9. The number of carbonyl (C=O) groups is 2. The van der Waals surface area contributed by atoms with E-state index in [-0.39, 0.29) is 24.9 Å². The summed E-state index contributed by atoms with van der Waals surface area (Å²) in [5.41, 5.74) is 1.87. The van der Waals surface area contributed by atoms with Gasteiger partial charge >= 0.3 is 5.97 Å². The number of unbranched alkanes of at least 4 members (excludes halogenated alkanes) is 2. The van der Waals surface area contributed by atoms with Gasteiger partial charge in [0.05, 0.1) is 19.0 Å². The number of piperazine rings is 1. The number of carbonyl (C=O) groups excluding carboxylic acids is 2. The zero-order valence-electron chi connectivity index (χ0n) is 23.9. The quantitative estimate of drug-likeness (QED) is 0.260. The molecule has 1 fully saturated rings. The number of halogens is 1. The van der Waals surface area contributed by atoms with Gasteiger partial charge in [0.2, 0.25) is 0 Å². The Morgan fingerprint density at radius 1 is 1.00 bits per heavy atom. The highest BCUT2D eigenvalue weighted by Gasteiger charge is 2.34. The Hall–Kier alpha value is -2.91. The van der Waals surface area contributed by atoms with Crippen molar-refractivity contribution in [1.82, 2.24) is 14.4 Å². The summed E-state index contributed by atoms with van der Waals surface area (Å²) >= 11 is 6.03. The minimum absolute atomic E-state index is 0.0324. The molecule has 0 saturated carbocycles. The number of esters is 1. The fraction of sp³-hybridized carbons (Fsp3) is 0.484. The molecule has 0 amide bonds. The van der Waals surface area contributed by atoms with Crippen molar-refractivity contribution in [2.75, 3.05) is 46.4 Å². The molecule has 1 N–H and O–H groups in total. The Kier molecular flexibility index (Phi) is 9.90. The predicted octanol–water partition coefficient (Wildman–Crippen LogP) is 4.90. The van der Waals surface area contributed by atoms with E-state index in [1.165, 1.54) is 0 Å². The largest absolute Gasteiger partial charge is 0.497 e. The van der Waals surface area contributed by atoms with Crippen LogP contribution in [-0.4, -0.2) is 83.5 Å². The maximum atomic E-state index is 13.6. The first-order chi connectivity index (χ1) is 19.1. The lowest BCUT2D eigenvalue weighted by atomic mass is 10.1. The summed E-state index contributed by atoms with van der Waals surface area (Å²) in [5.74, 6) is 0.103. The third-order valence-electron chi connectivity index (χ3n) is 7.79. The maximum absolute atomic E-state index is 13.6. The molecule has 0 bridgehead atoms. The summed E-state index contributed by atoms with van der Waals surface area (Å²) in [4.78, 5) is 31.5. The second kappa shape index (κ2) is 13.2. The third kappa shape index (κ3) is 6.86. The average molecular weight is 570 g/mol. The number of aliphatic hydroxyl groups is 1. The van der Waals surface area contributed by atoms with Crippen molar-refractivity contribution in [2.24, 2.45) is 0 Å². The number of hydrogen-bond acceptors (Lipinski definition) is 7. The van der Waals surface area contributed by atoms with Crippen molar-refractivity contribution >= 4 is 34.4 Å². The summed E-state index contributed by atoms with van der Waals surface area (Å²) in [6.45, 7) is 10.5. The molecule has 40 heavy (non-hydrogen) atoms. The van der Waals surface area contributed by atoms with Gasteiger partial charge < -0.3 is 19.5 Å². The summed E-state index contributed by atoms with van der Waals surface area (Å²) in [6.07, 6.45) is 3.00. The second-order valence-corrected chi connectivity index (χ2v) is 11.2. The number of aliphatic hydroxyl groups excluding tert-OH is 1. The van der Waals surface area contributed by atoms with Crippen molar-refractivity contribution in [1.29, 1.82) is 0 Å². The monoisotopic (exact) mass is 569 g/mol. The number of aromatic nitrogens is 1. The van der Waals surface area contributed by atoms with Gasteiger partial charge in [0.1, 0.15) is 5.75 Å². The van der Waals surface area contributed by atoms with E-state index in [1.54, 1.807) is 35.9 Å². The van der Waals surface area contributed by atoms with E-state index in [2.05, 4.69) is 9.80 Å². The molecular weight excluding hydrogens is 530 g/mol. The average Bonchev–Trinajstić information content (AvgIpc) is 3.21. The highest BCUT2D eigenvalue weighted by Crippen LogP contribution is 2.31. The molecule has 1 aliphatic heterocycles. The molecule has 0 aliphatic carbocycles. The SMILES string of the molecule is COc1ccc2c(c1)c(CC(=O)OC(C)(C)N1CCN(CCCCCO)CC1)c(C)n2C(=O)c1ccc(Cl)cc1. The predicted molar refractivity (Wildman–Crippen MR) is 157 cm³/mol. The minimum atomic E-state index is -0.761.